The molecule has 0 radical (unpaired) electrons. The van der Waals surface area contributed by atoms with Crippen molar-refractivity contribution in [2.24, 2.45) is 7.05 Å². The third-order valence-electron chi connectivity index (χ3n) is 6.99. The van der Waals surface area contributed by atoms with Crippen LogP contribution in [0.3, 0.4) is 0 Å². The van der Waals surface area contributed by atoms with Crippen molar-refractivity contribution >= 4 is 16.7 Å². The second-order valence-electron chi connectivity index (χ2n) is 9.09. The quantitative estimate of drug-likeness (QED) is 0.414. The Morgan fingerprint density at radius 3 is 1.94 bits per heavy atom. The normalized spacial score (nSPS) is 14.6. The molecule has 5 rings (SSSR count). The van der Waals surface area contributed by atoms with Gasteiger partial charge in [0, 0.05) is 44.9 Å². The van der Waals surface area contributed by atoms with Crippen LogP contribution in [0.2, 0.25) is 0 Å². The second-order valence-corrected chi connectivity index (χ2v) is 9.09. The van der Waals surface area contributed by atoms with Gasteiger partial charge in [-0.15, -0.1) is 0 Å². The highest BCUT2D eigenvalue weighted by Crippen LogP contribution is 2.33. The van der Waals surface area contributed by atoms with E-state index in [1.807, 2.05) is 13.0 Å². The van der Waals surface area contributed by atoms with E-state index in [2.05, 4.69) is 14.8 Å². The Morgan fingerprint density at radius 1 is 0.861 bits per heavy atom. The predicted molar refractivity (Wildman–Crippen MR) is 137 cm³/mol. The summed E-state index contributed by atoms with van der Waals surface area (Å²) in [5.74, 6) is -0.0946. The number of ether oxygens (including phenoxy) is 1. The van der Waals surface area contributed by atoms with E-state index in [1.54, 1.807) is 49.1 Å². The monoisotopic (exact) mass is 490 g/mol. The maximum absolute atomic E-state index is 13.7. The lowest BCUT2D eigenvalue weighted by molar-refractivity contribution is 0.212. The van der Waals surface area contributed by atoms with E-state index in [-0.39, 0.29) is 23.2 Å². The number of hydrogen-bond donors (Lipinski definition) is 0. The summed E-state index contributed by atoms with van der Waals surface area (Å²) in [5, 5.41) is 0. The number of piperazine rings is 1. The summed E-state index contributed by atoms with van der Waals surface area (Å²) in [6.07, 6.45) is 0. The maximum atomic E-state index is 13.7. The van der Waals surface area contributed by atoms with Gasteiger partial charge in [0.15, 0.2) is 0 Å². The highest BCUT2D eigenvalue weighted by Gasteiger charge is 2.29. The van der Waals surface area contributed by atoms with Gasteiger partial charge in [-0.1, -0.05) is 24.3 Å². The highest BCUT2D eigenvalue weighted by molar-refractivity contribution is 5.90. The molecule has 2 aromatic carbocycles. The third kappa shape index (κ3) is 4.33. The van der Waals surface area contributed by atoms with Gasteiger partial charge in [0.25, 0.3) is 5.56 Å². The van der Waals surface area contributed by atoms with Gasteiger partial charge in [-0.2, -0.15) is 0 Å². The first-order valence-corrected chi connectivity index (χ1v) is 11.9. The zero-order chi connectivity index (χ0) is 25.4. The number of benzene rings is 2. The Balaban J connectivity index is 1.49. The van der Waals surface area contributed by atoms with Gasteiger partial charge in [0.05, 0.1) is 24.4 Å². The number of hydrogen-bond acceptors (Lipinski definition) is 5. The number of rotatable bonds is 5. The number of fused-ring (bicyclic) bond motifs is 1. The maximum Gasteiger partial charge on any atom is 0.255 e. The molecule has 4 aromatic rings. The van der Waals surface area contributed by atoms with Crippen molar-refractivity contribution in [2.45, 2.75) is 13.0 Å². The lowest BCUT2D eigenvalue weighted by Crippen LogP contribution is -2.48. The molecule has 0 aliphatic carbocycles. The molecule has 1 fully saturated rings. The number of methoxy groups -OCH3 is 1. The van der Waals surface area contributed by atoms with Gasteiger partial charge < -0.3 is 14.2 Å². The largest absolute Gasteiger partial charge is 0.481 e. The van der Waals surface area contributed by atoms with Crippen molar-refractivity contribution in [2.75, 3.05) is 38.2 Å². The second kappa shape index (κ2) is 9.70. The first kappa shape index (κ1) is 23.9. The molecule has 1 saturated heterocycles. The van der Waals surface area contributed by atoms with Gasteiger partial charge in [0.1, 0.15) is 17.2 Å². The van der Waals surface area contributed by atoms with E-state index in [9.17, 15) is 13.6 Å². The average molecular weight is 491 g/mol. The minimum Gasteiger partial charge on any atom is -0.481 e. The van der Waals surface area contributed by atoms with Crippen molar-refractivity contribution in [3.05, 3.63) is 99.3 Å². The van der Waals surface area contributed by atoms with E-state index < -0.39 is 0 Å². The van der Waals surface area contributed by atoms with Crippen LogP contribution in [0.25, 0.3) is 11.0 Å². The Bertz CT molecular complexity index is 1400. The average Bonchev–Trinajstić information content (AvgIpc) is 2.90. The number of anilines is 1. The molecular formula is C28H28F2N4O2. The summed E-state index contributed by atoms with van der Waals surface area (Å²) in [7, 11) is 3.33. The minimum atomic E-state index is -0.294. The predicted octanol–water partition coefficient (Wildman–Crippen LogP) is 4.44. The van der Waals surface area contributed by atoms with Crippen LogP contribution in [0.15, 0.2) is 65.5 Å². The number of halogens is 2. The van der Waals surface area contributed by atoms with E-state index in [0.717, 1.165) is 27.8 Å². The molecule has 1 aliphatic rings. The number of aromatic nitrogens is 2. The van der Waals surface area contributed by atoms with Gasteiger partial charge in [0.2, 0.25) is 5.88 Å². The lowest BCUT2D eigenvalue weighted by atomic mass is 9.96. The minimum absolute atomic E-state index is 0.0533. The molecule has 0 N–H and O–H groups in total. The summed E-state index contributed by atoms with van der Waals surface area (Å²) >= 11 is 0. The number of aryl methyl sites for hydroxylation is 1. The molecule has 3 heterocycles. The topological polar surface area (TPSA) is 50.6 Å². The van der Waals surface area contributed by atoms with Gasteiger partial charge >= 0.3 is 0 Å². The Hall–Kier alpha value is -3.78. The summed E-state index contributed by atoms with van der Waals surface area (Å²) < 4.78 is 34.3. The van der Waals surface area contributed by atoms with Crippen LogP contribution in [0.1, 0.15) is 22.7 Å². The number of pyridine rings is 2. The molecule has 0 bridgehead atoms. The fourth-order valence-electron chi connectivity index (χ4n) is 5.13. The summed E-state index contributed by atoms with van der Waals surface area (Å²) in [5.41, 5.74) is 4.79. The van der Waals surface area contributed by atoms with E-state index in [4.69, 9.17) is 4.74 Å². The van der Waals surface area contributed by atoms with Crippen LogP contribution in [-0.4, -0.2) is 47.7 Å². The Morgan fingerprint density at radius 2 is 1.42 bits per heavy atom. The first-order chi connectivity index (χ1) is 17.4. The summed E-state index contributed by atoms with van der Waals surface area (Å²) in [6, 6.07) is 16.4. The molecule has 0 amide bonds. The van der Waals surface area contributed by atoms with Crippen LogP contribution >= 0.6 is 0 Å². The van der Waals surface area contributed by atoms with E-state index >= 15 is 0 Å². The molecular weight excluding hydrogens is 462 g/mol. The fourth-order valence-corrected chi connectivity index (χ4v) is 5.13. The molecule has 36 heavy (non-hydrogen) atoms. The molecule has 0 spiro atoms. The van der Waals surface area contributed by atoms with E-state index in [0.29, 0.717) is 37.6 Å². The molecule has 186 valence electrons. The summed E-state index contributed by atoms with van der Waals surface area (Å²) in [4.78, 5) is 22.2. The fraction of sp³-hybridized carbons (Fsp3) is 0.286. The molecule has 0 saturated carbocycles. The van der Waals surface area contributed by atoms with Gasteiger partial charge in [-0.3, -0.25) is 9.69 Å². The van der Waals surface area contributed by atoms with Crippen molar-refractivity contribution in [1.82, 2.24) is 14.5 Å². The molecule has 8 heteroatoms. The molecule has 1 aliphatic heterocycles. The highest BCUT2D eigenvalue weighted by atomic mass is 19.1. The Labute approximate surface area is 208 Å². The summed E-state index contributed by atoms with van der Waals surface area (Å²) in [6.45, 7) is 4.56. The van der Waals surface area contributed by atoms with Crippen LogP contribution in [0.4, 0.5) is 14.5 Å². The smallest absolute Gasteiger partial charge is 0.255 e. The lowest BCUT2D eigenvalue weighted by Gasteiger charge is -2.41. The van der Waals surface area contributed by atoms with Crippen molar-refractivity contribution in [3.63, 3.8) is 0 Å². The van der Waals surface area contributed by atoms with Crippen molar-refractivity contribution in [1.29, 1.82) is 0 Å². The number of nitrogens with zero attached hydrogens (tertiary/aromatic N) is 4. The third-order valence-corrected chi connectivity index (χ3v) is 6.99. The Kier molecular flexibility index (Phi) is 6.45. The molecule has 6 nitrogen and oxygen atoms in total. The van der Waals surface area contributed by atoms with Crippen LogP contribution in [0, 0.1) is 18.6 Å². The van der Waals surface area contributed by atoms with Crippen LogP contribution < -0.4 is 15.2 Å². The first-order valence-electron chi connectivity index (χ1n) is 11.9. The zero-order valence-electron chi connectivity index (χ0n) is 20.5. The van der Waals surface area contributed by atoms with Crippen molar-refractivity contribution in [3.8, 4) is 5.88 Å². The van der Waals surface area contributed by atoms with Crippen molar-refractivity contribution < 1.29 is 13.5 Å². The zero-order valence-corrected chi connectivity index (χ0v) is 20.5. The molecule has 0 atom stereocenters. The van der Waals surface area contributed by atoms with Crippen LogP contribution in [-0.2, 0) is 7.05 Å². The molecule has 0 unspecified atom stereocenters. The van der Waals surface area contributed by atoms with E-state index in [1.165, 1.54) is 24.3 Å². The van der Waals surface area contributed by atoms with Crippen LogP contribution in [0.5, 0.6) is 5.88 Å². The standard InChI is InChI=1S/C28H28F2N4O2/c1-18-26(25-23(32(2)28(18)35)12-13-24(31-25)36-3)33-14-16-34(17-15-33)27(19-4-8-21(29)9-5-19)20-6-10-22(30)11-7-20/h4-13,27H,14-17H2,1-3H3. The SMILES string of the molecule is COc1ccc2c(n1)c(N1CCN(C(c3ccc(F)cc3)c3ccc(F)cc3)CC1)c(C)c(=O)n2C. The van der Waals surface area contributed by atoms with Gasteiger partial charge in [-0.25, -0.2) is 13.8 Å². The molecule has 2 aromatic heterocycles. The van der Waals surface area contributed by atoms with Gasteiger partial charge in [-0.05, 0) is 48.4 Å².